The maximum atomic E-state index is 11.9. The summed E-state index contributed by atoms with van der Waals surface area (Å²) in [6, 6.07) is 13.4. The molecule has 2 rings (SSSR count). The summed E-state index contributed by atoms with van der Waals surface area (Å²) in [6.07, 6.45) is 0. The van der Waals surface area contributed by atoms with E-state index in [1.54, 1.807) is 48.5 Å². The fourth-order valence-corrected chi connectivity index (χ4v) is 1.79. The van der Waals surface area contributed by atoms with E-state index >= 15 is 0 Å². The number of urea groups is 1. The van der Waals surface area contributed by atoms with Crippen LogP contribution in [0.25, 0.3) is 0 Å². The van der Waals surface area contributed by atoms with Crippen molar-refractivity contribution in [2.45, 2.75) is 6.92 Å². The molecule has 0 saturated carbocycles. The lowest BCUT2D eigenvalue weighted by atomic mass is 10.2. The van der Waals surface area contributed by atoms with Crippen LogP contribution in [-0.4, -0.2) is 11.9 Å². The largest absolute Gasteiger partial charge is 0.399 e. The second-order valence-corrected chi connectivity index (χ2v) is 4.47. The van der Waals surface area contributed by atoms with Crippen LogP contribution in [0.4, 0.5) is 27.5 Å². The smallest absolute Gasteiger partial charge is 0.323 e. The Balaban J connectivity index is 2.01. The van der Waals surface area contributed by atoms with Crippen molar-refractivity contribution in [2.75, 3.05) is 21.7 Å². The molecule has 2 aromatic carbocycles. The normalized spacial score (nSPS) is 9.76. The van der Waals surface area contributed by atoms with Crippen LogP contribution in [-0.2, 0) is 4.79 Å². The van der Waals surface area contributed by atoms with Crippen molar-refractivity contribution in [2.24, 2.45) is 0 Å². The minimum absolute atomic E-state index is 0.170. The molecule has 0 aliphatic carbocycles. The van der Waals surface area contributed by atoms with Crippen LogP contribution in [0, 0.1) is 0 Å². The highest BCUT2D eigenvalue weighted by Gasteiger charge is 2.04. The summed E-state index contributed by atoms with van der Waals surface area (Å²) in [7, 11) is 0. The van der Waals surface area contributed by atoms with Gasteiger partial charge in [0.15, 0.2) is 0 Å². The van der Waals surface area contributed by atoms with Crippen molar-refractivity contribution in [3.05, 3.63) is 48.5 Å². The summed E-state index contributed by atoms with van der Waals surface area (Å²) in [5, 5.41) is 8.00. The van der Waals surface area contributed by atoms with Crippen molar-refractivity contribution in [1.29, 1.82) is 0 Å². The van der Waals surface area contributed by atoms with Crippen molar-refractivity contribution in [3.63, 3.8) is 0 Å². The van der Waals surface area contributed by atoms with Gasteiger partial charge in [-0.25, -0.2) is 4.79 Å². The molecule has 0 spiro atoms. The first kappa shape index (κ1) is 14.4. The molecule has 0 radical (unpaired) electrons. The number of nitrogens with one attached hydrogen (secondary N) is 3. The Morgan fingerprint density at radius 1 is 0.857 bits per heavy atom. The zero-order valence-corrected chi connectivity index (χ0v) is 11.5. The first-order valence-electron chi connectivity index (χ1n) is 6.34. The van der Waals surface area contributed by atoms with Crippen LogP contribution in [0.3, 0.4) is 0 Å². The number of nitrogen functional groups attached to an aromatic ring is 1. The molecule has 0 fully saturated rings. The van der Waals surface area contributed by atoms with Gasteiger partial charge >= 0.3 is 6.03 Å². The van der Waals surface area contributed by atoms with Gasteiger partial charge < -0.3 is 21.7 Å². The predicted octanol–water partition coefficient (Wildman–Crippen LogP) is 2.87. The number of hydrogen-bond donors (Lipinski definition) is 4. The summed E-state index contributed by atoms with van der Waals surface area (Å²) >= 11 is 0. The fourth-order valence-electron chi connectivity index (χ4n) is 1.79. The third kappa shape index (κ3) is 4.54. The monoisotopic (exact) mass is 284 g/mol. The molecule has 3 amide bonds. The molecule has 2 aromatic rings. The van der Waals surface area contributed by atoms with Crippen LogP contribution in [0.15, 0.2) is 48.5 Å². The Morgan fingerprint density at radius 2 is 1.38 bits per heavy atom. The quantitative estimate of drug-likeness (QED) is 0.652. The minimum atomic E-state index is -0.388. The molecule has 0 bridgehead atoms. The molecule has 0 heterocycles. The molecule has 6 heteroatoms. The lowest BCUT2D eigenvalue weighted by Crippen LogP contribution is -2.19. The molecule has 0 saturated heterocycles. The van der Waals surface area contributed by atoms with E-state index in [0.29, 0.717) is 22.7 Å². The summed E-state index contributed by atoms with van der Waals surface area (Å²) in [6.45, 7) is 1.42. The van der Waals surface area contributed by atoms with Crippen LogP contribution in [0.2, 0.25) is 0 Å². The Labute approximate surface area is 122 Å². The average molecular weight is 284 g/mol. The Morgan fingerprint density at radius 3 is 1.95 bits per heavy atom. The molecule has 6 nitrogen and oxygen atoms in total. The number of hydrogen-bond acceptors (Lipinski definition) is 3. The van der Waals surface area contributed by atoms with Crippen LogP contribution in [0.1, 0.15) is 6.92 Å². The van der Waals surface area contributed by atoms with Gasteiger partial charge in [0.25, 0.3) is 0 Å². The predicted molar refractivity (Wildman–Crippen MR) is 84.2 cm³/mol. The van der Waals surface area contributed by atoms with E-state index in [2.05, 4.69) is 16.0 Å². The zero-order chi connectivity index (χ0) is 15.2. The van der Waals surface area contributed by atoms with E-state index in [-0.39, 0.29) is 11.9 Å². The van der Waals surface area contributed by atoms with Gasteiger partial charge in [-0.2, -0.15) is 0 Å². The van der Waals surface area contributed by atoms with E-state index in [1.807, 2.05) is 0 Å². The second-order valence-electron chi connectivity index (χ2n) is 4.47. The highest BCUT2D eigenvalue weighted by atomic mass is 16.2. The molecule has 0 aliphatic heterocycles. The number of nitrogens with two attached hydrogens (primary N) is 1. The third-order valence-electron chi connectivity index (χ3n) is 2.59. The topological polar surface area (TPSA) is 96.2 Å². The average Bonchev–Trinajstić information content (AvgIpc) is 2.37. The van der Waals surface area contributed by atoms with Crippen LogP contribution >= 0.6 is 0 Å². The van der Waals surface area contributed by atoms with E-state index in [4.69, 9.17) is 5.73 Å². The van der Waals surface area contributed by atoms with Crippen LogP contribution in [0.5, 0.6) is 0 Å². The van der Waals surface area contributed by atoms with E-state index in [1.165, 1.54) is 6.92 Å². The first-order valence-corrected chi connectivity index (χ1v) is 6.34. The van der Waals surface area contributed by atoms with Gasteiger partial charge in [-0.15, -0.1) is 0 Å². The van der Waals surface area contributed by atoms with Crippen molar-refractivity contribution in [3.8, 4) is 0 Å². The van der Waals surface area contributed by atoms with Gasteiger partial charge in [-0.05, 0) is 36.4 Å². The maximum absolute atomic E-state index is 11.9. The van der Waals surface area contributed by atoms with Crippen molar-refractivity contribution >= 4 is 34.7 Å². The van der Waals surface area contributed by atoms with Crippen molar-refractivity contribution < 1.29 is 9.59 Å². The van der Waals surface area contributed by atoms with Gasteiger partial charge in [0, 0.05) is 29.7 Å². The second kappa shape index (κ2) is 6.42. The summed E-state index contributed by atoms with van der Waals surface area (Å²) < 4.78 is 0. The number of rotatable bonds is 3. The third-order valence-corrected chi connectivity index (χ3v) is 2.59. The highest BCUT2D eigenvalue weighted by molar-refractivity contribution is 6.00. The highest BCUT2D eigenvalue weighted by Crippen LogP contribution is 2.16. The van der Waals surface area contributed by atoms with E-state index in [9.17, 15) is 9.59 Å². The summed E-state index contributed by atoms with van der Waals surface area (Å²) in [5.74, 6) is -0.170. The first-order chi connectivity index (χ1) is 10.0. The molecule has 108 valence electrons. The van der Waals surface area contributed by atoms with Gasteiger partial charge in [0.1, 0.15) is 0 Å². The van der Waals surface area contributed by atoms with Gasteiger partial charge in [0.05, 0.1) is 0 Å². The molecule has 0 aromatic heterocycles. The lowest BCUT2D eigenvalue weighted by Gasteiger charge is -2.09. The van der Waals surface area contributed by atoms with Crippen molar-refractivity contribution in [1.82, 2.24) is 0 Å². The summed E-state index contributed by atoms with van der Waals surface area (Å²) in [4.78, 5) is 22.9. The number of benzene rings is 2. The van der Waals surface area contributed by atoms with Gasteiger partial charge in [-0.1, -0.05) is 12.1 Å². The molecular formula is C15H16N4O2. The SMILES string of the molecule is CC(=O)Nc1cccc(NC(=O)Nc2cccc(N)c2)c1. The number of amides is 3. The standard InChI is InChI=1S/C15H16N4O2/c1-10(20)17-13-6-3-7-14(9-13)19-15(21)18-12-5-2-4-11(16)8-12/h2-9H,16H2,1H3,(H,17,20)(H2,18,19,21). The number of anilines is 4. The number of carbonyl (C=O) groups excluding carboxylic acids is 2. The van der Waals surface area contributed by atoms with Crippen LogP contribution < -0.4 is 21.7 Å². The number of carbonyl (C=O) groups is 2. The maximum Gasteiger partial charge on any atom is 0.323 e. The molecule has 0 aliphatic rings. The van der Waals surface area contributed by atoms with E-state index in [0.717, 1.165) is 0 Å². The molecule has 21 heavy (non-hydrogen) atoms. The molecule has 5 N–H and O–H groups in total. The Bertz CT molecular complexity index is 670. The molecule has 0 unspecified atom stereocenters. The summed E-state index contributed by atoms with van der Waals surface area (Å²) in [5.41, 5.74) is 8.00. The lowest BCUT2D eigenvalue weighted by molar-refractivity contribution is -0.114. The molecule has 0 atom stereocenters. The fraction of sp³-hybridized carbons (Fsp3) is 0.0667. The molecular weight excluding hydrogens is 268 g/mol. The zero-order valence-electron chi connectivity index (χ0n) is 11.5. The minimum Gasteiger partial charge on any atom is -0.399 e. The Hall–Kier alpha value is -3.02. The van der Waals surface area contributed by atoms with Gasteiger partial charge in [0.2, 0.25) is 5.91 Å². The van der Waals surface area contributed by atoms with Gasteiger partial charge in [-0.3, -0.25) is 4.79 Å². The Kier molecular flexibility index (Phi) is 4.40. The van der Waals surface area contributed by atoms with E-state index < -0.39 is 0 Å².